The van der Waals surface area contributed by atoms with Crippen LogP contribution in [0.15, 0.2) is 24.3 Å². The molecule has 0 bridgehead atoms. The molecule has 1 fully saturated rings. The minimum atomic E-state index is -0.147. The molecule has 0 N–H and O–H groups in total. The fraction of sp³-hybridized carbons (Fsp3) is 0.529. The van der Waals surface area contributed by atoms with Gasteiger partial charge in [0.2, 0.25) is 11.8 Å². The fourth-order valence-electron chi connectivity index (χ4n) is 2.81. The topological polar surface area (TPSA) is 49.9 Å². The number of carbonyl (C=O) groups excluding carboxylic acids is 2. The predicted molar refractivity (Wildman–Crippen MR) is 86.0 cm³/mol. The molecule has 0 saturated carbocycles. The van der Waals surface area contributed by atoms with E-state index in [0.29, 0.717) is 17.4 Å². The Balaban J connectivity index is 2.11. The van der Waals surface area contributed by atoms with E-state index < -0.39 is 0 Å². The number of methoxy groups -OCH3 is 1. The van der Waals surface area contributed by atoms with Gasteiger partial charge in [0.25, 0.3) is 0 Å². The molecule has 0 radical (unpaired) electrons. The van der Waals surface area contributed by atoms with Crippen LogP contribution in [0.3, 0.4) is 0 Å². The lowest BCUT2D eigenvalue weighted by Gasteiger charge is -2.32. The Morgan fingerprint density at radius 3 is 2.82 bits per heavy atom. The van der Waals surface area contributed by atoms with Crippen molar-refractivity contribution in [1.29, 1.82) is 0 Å². The van der Waals surface area contributed by atoms with Gasteiger partial charge in [0.15, 0.2) is 0 Å². The highest BCUT2D eigenvalue weighted by Gasteiger charge is 2.24. The molecule has 1 aliphatic heterocycles. The van der Waals surface area contributed by atoms with E-state index in [1.807, 2.05) is 23.1 Å². The highest BCUT2D eigenvalue weighted by Crippen LogP contribution is 2.22. The van der Waals surface area contributed by atoms with Crippen molar-refractivity contribution in [3.63, 3.8) is 0 Å². The number of amides is 2. The second-order valence-electron chi connectivity index (χ2n) is 5.89. The first-order chi connectivity index (χ1) is 10.5. The number of likely N-dealkylation sites (tertiary alicyclic amines) is 1. The molecule has 22 heavy (non-hydrogen) atoms. The molecule has 0 spiro atoms. The van der Waals surface area contributed by atoms with Gasteiger partial charge in [-0.2, -0.15) is 0 Å². The van der Waals surface area contributed by atoms with Gasteiger partial charge >= 0.3 is 0 Å². The van der Waals surface area contributed by atoms with E-state index >= 15 is 0 Å². The van der Waals surface area contributed by atoms with Gasteiger partial charge < -0.3 is 14.5 Å². The van der Waals surface area contributed by atoms with Gasteiger partial charge in [0.1, 0.15) is 12.3 Å². The normalized spacial score (nSPS) is 18.0. The summed E-state index contributed by atoms with van der Waals surface area (Å²) >= 11 is 0. The van der Waals surface area contributed by atoms with Crippen molar-refractivity contribution in [3.8, 4) is 5.75 Å². The van der Waals surface area contributed by atoms with Crippen molar-refractivity contribution in [1.82, 2.24) is 4.90 Å². The van der Waals surface area contributed by atoms with Gasteiger partial charge in [0.05, 0.1) is 7.11 Å². The smallest absolute Gasteiger partial charge is 0.242 e. The van der Waals surface area contributed by atoms with Crippen molar-refractivity contribution in [2.75, 3.05) is 31.6 Å². The Hall–Kier alpha value is -2.04. The van der Waals surface area contributed by atoms with Crippen LogP contribution in [-0.4, -0.2) is 43.5 Å². The number of piperidine rings is 1. The maximum absolute atomic E-state index is 12.5. The summed E-state index contributed by atoms with van der Waals surface area (Å²) in [5.74, 6) is 1.05. The molecule has 2 amide bonds. The van der Waals surface area contributed by atoms with Crippen LogP contribution in [0.1, 0.15) is 26.7 Å². The summed E-state index contributed by atoms with van der Waals surface area (Å²) in [6.45, 7) is 5.28. The Bertz CT molecular complexity index is 544. The highest BCUT2D eigenvalue weighted by atomic mass is 16.5. The molecule has 120 valence electrons. The number of anilines is 1. The van der Waals surface area contributed by atoms with Gasteiger partial charge in [-0.3, -0.25) is 9.59 Å². The van der Waals surface area contributed by atoms with Gasteiger partial charge in [-0.15, -0.1) is 0 Å². The van der Waals surface area contributed by atoms with E-state index in [1.54, 1.807) is 13.2 Å². The molecular weight excluding hydrogens is 280 g/mol. The first-order valence-electron chi connectivity index (χ1n) is 7.71. The van der Waals surface area contributed by atoms with E-state index in [9.17, 15) is 9.59 Å². The second-order valence-corrected chi connectivity index (χ2v) is 5.89. The molecule has 5 heteroatoms. The van der Waals surface area contributed by atoms with E-state index in [1.165, 1.54) is 11.8 Å². The van der Waals surface area contributed by atoms with Crippen molar-refractivity contribution in [2.45, 2.75) is 26.7 Å². The fourth-order valence-corrected chi connectivity index (χ4v) is 2.81. The van der Waals surface area contributed by atoms with Crippen molar-refractivity contribution >= 4 is 17.5 Å². The third-order valence-electron chi connectivity index (χ3n) is 4.05. The van der Waals surface area contributed by atoms with E-state index in [-0.39, 0.29) is 18.4 Å². The lowest BCUT2D eigenvalue weighted by molar-refractivity contribution is -0.132. The summed E-state index contributed by atoms with van der Waals surface area (Å²) < 4.78 is 5.19. The standard InChI is InChI=1S/C17H24N2O3/c1-13-6-5-9-18(11-13)17(21)12-19(14(2)20)15-7-4-8-16(10-15)22-3/h4,7-8,10,13H,5-6,9,11-12H2,1-3H3. The average molecular weight is 304 g/mol. The molecule has 1 unspecified atom stereocenters. The lowest BCUT2D eigenvalue weighted by atomic mass is 10.0. The van der Waals surface area contributed by atoms with Crippen molar-refractivity contribution in [3.05, 3.63) is 24.3 Å². The summed E-state index contributed by atoms with van der Waals surface area (Å²) in [6.07, 6.45) is 2.20. The van der Waals surface area contributed by atoms with Crippen LogP contribution < -0.4 is 9.64 Å². The molecule has 1 aromatic rings. The summed E-state index contributed by atoms with van der Waals surface area (Å²) in [5.41, 5.74) is 0.685. The van der Waals surface area contributed by atoms with Gasteiger partial charge in [-0.05, 0) is 30.9 Å². The third-order valence-corrected chi connectivity index (χ3v) is 4.05. The number of ether oxygens (including phenoxy) is 1. The van der Waals surface area contributed by atoms with E-state index in [4.69, 9.17) is 4.74 Å². The van der Waals surface area contributed by atoms with Gasteiger partial charge in [-0.25, -0.2) is 0 Å². The van der Waals surface area contributed by atoms with Crippen LogP contribution >= 0.6 is 0 Å². The maximum Gasteiger partial charge on any atom is 0.242 e. The summed E-state index contributed by atoms with van der Waals surface area (Å²) in [7, 11) is 1.58. The predicted octanol–water partition coefficient (Wildman–Crippen LogP) is 2.31. The van der Waals surface area contributed by atoms with Crippen LogP contribution in [-0.2, 0) is 9.59 Å². The molecule has 1 heterocycles. The minimum Gasteiger partial charge on any atom is -0.497 e. The monoisotopic (exact) mass is 304 g/mol. The zero-order valence-corrected chi connectivity index (χ0v) is 13.5. The molecule has 0 aromatic heterocycles. The van der Waals surface area contributed by atoms with Crippen LogP contribution in [0.25, 0.3) is 0 Å². The molecular formula is C17H24N2O3. The van der Waals surface area contributed by atoms with Crippen LogP contribution in [0.5, 0.6) is 5.75 Å². The average Bonchev–Trinajstić information content (AvgIpc) is 2.52. The van der Waals surface area contributed by atoms with Gasteiger partial charge in [-0.1, -0.05) is 13.0 Å². The largest absolute Gasteiger partial charge is 0.497 e. The molecule has 1 saturated heterocycles. The number of hydrogen-bond donors (Lipinski definition) is 0. The Labute approximate surface area is 131 Å². The first kappa shape index (κ1) is 16.3. The van der Waals surface area contributed by atoms with E-state index in [0.717, 1.165) is 25.9 Å². The zero-order valence-electron chi connectivity index (χ0n) is 13.5. The molecule has 2 rings (SSSR count). The SMILES string of the molecule is COc1cccc(N(CC(=O)N2CCCC(C)C2)C(C)=O)c1. The van der Waals surface area contributed by atoms with Crippen molar-refractivity contribution < 1.29 is 14.3 Å². The number of hydrogen-bond acceptors (Lipinski definition) is 3. The molecule has 1 aliphatic rings. The number of benzene rings is 1. The molecule has 1 atom stereocenters. The molecule has 0 aliphatic carbocycles. The van der Waals surface area contributed by atoms with E-state index in [2.05, 4.69) is 6.92 Å². The zero-order chi connectivity index (χ0) is 16.1. The first-order valence-corrected chi connectivity index (χ1v) is 7.71. The van der Waals surface area contributed by atoms with Crippen LogP contribution in [0, 0.1) is 5.92 Å². The summed E-state index contributed by atoms with van der Waals surface area (Å²) in [4.78, 5) is 27.8. The Morgan fingerprint density at radius 1 is 1.41 bits per heavy atom. The Kier molecular flexibility index (Phi) is 5.41. The number of nitrogens with zero attached hydrogens (tertiary/aromatic N) is 2. The quantitative estimate of drug-likeness (QED) is 0.857. The number of rotatable bonds is 4. The third kappa shape index (κ3) is 4.00. The Morgan fingerprint density at radius 2 is 2.18 bits per heavy atom. The summed E-state index contributed by atoms with van der Waals surface area (Å²) in [5, 5.41) is 0. The van der Waals surface area contributed by atoms with Crippen molar-refractivity contribution in [2.24, 2.45) is 5.92 Å². The second kappa shape index (κ2) is 7.29. The van der Waals surface area contributed by atoms with Gasteiger partial charge in [0, 0.05) is 31.8 Å². The summed E-state index contributed by atoms with van der Waals surface area (Å²) in [6, 6.07) is 7.22. The van der Waals surface area contributed by atoms with Crippen LogP contribution in [0.4, 0.5) is 5.69 Å². The number of carbonyl (C=O) groups is 2. The maximum atomic E-state index is 12.5. The molecule has 5 nitrogen and oxygen atoms in total. The lowest BCUT2D eigenvalue weighted by Crippen LogP contribution is -2.46. The minimum absolute atomic E-state index is 0.00423. The molecule has 1 aromatic carbocycles. The van der Waals surface area contributed by atoms with Crippen LogP contribution in [0.2, 0.25) is 0 Å². The highest BCUT2D eigenvalue weighted by molar-refractivity contribution is 5.97.